The normalized spacial score (nSPS) is 26.1. The molecule has 2 aliphatic carbocycles. The van der Waals surface area contributed by atoms with Crippen LogP contribution in [0.4, 0.5) is 4.39 Å². The van der Waals surface area contributed by atoms with Gasteiger partial charge in [0.2, 0.25) is 0 Å². The summed E-state index contributed by atoms with van der Waals surface area (Å²) in [6, 6.07) is 15.8. The second-order valence-electron chi connectivity index (χ2n) is 10.9. The minimum absolute atomic E-state index is 0.0438. The van der Waals surface area contributed by atoms with Crippen LogP contribution < -0.4 is 4.74 Å². The summed E-state index contributed by atoms with van der Waals surface area (Å²) in [4.78, 5) is 12.7. The number of rotatable bonds is 8. The Morgan fingerprint density at radius 2 is 1.59 bits per heavy atom. The standard InChI is InChI=1S/C31H41FO2/c1-3-7-27-18-19-29(21-30(27)32)34-31(33)28-16-14-26(15-17-28)25-12-10-23(11-13-25)20-22(2)24-8-5-4-6-9-24/h4-6,8-9,18-19,21-23,25-26,28H,3,7,10-17,20H2,1-2H3/t22-,23?,25?,26?,28?/m0/s1. The molecular weight excluding hydrogens is 423 g/mol. The summed E-state index contributed by atoms with van der Waals surface area (Å²) in [6.45, 7) is 4.40. The maximum atomic E-state index is 14.2. The Kier molecular flexibility index (Phi) is 8.80. The summed E-state index contributed by atoms with van der Waals surface area (Å²) in [5, 5.41) is 0. The van der Waals surface area contributed by atoms with Gasteiger partial charge in [-0.25, -0.2) is 4.39 Å². The molecule has 1 atom stereocenters. The zero-order valence-corrected chi connectivity index (χ0v) is 21.0. The van der Waals surface area contributed by atoms with Crippen molar-refractivity contribution in [3.05, 3.63) is 65.5 Å². The number of halogens is 1. The number of carbonyl (C=O) groups excluding carboxylic acids is 1. The number of ether oxygens (including phenoxy) is 1. The fourth-order valence-corrected chi connectivity index (χ4v) is 6.40. The molecule has 0 spiro atoms. The van der Waals surface area contributed by atoms with Crippen LogP contribution >= 0.6 is 0 Å². The molecule has 2 fully saturated rings. The van der Waals surface area contributed by atoms with E-state index >= 15 is 0 Å². The fraction of sp³-hybridized carbons (Fsp3) is 0.581. The Labute approximate surface area is 205 Å². The zero-order chi connectivity index (χ0) is 23.9. The summed E-state index contributed by atoms with van der Waals surface area (Å²) in [5.74, 6) is 2.90. The summed E-state index contributed by atoms with van der Waals surface area (Å²) in [5.41, 5.74) is 2.15. The Balaban J connectivity index is 1.19. The maximum Gasteiger partial charge on any atom is 0.314 e. The van der Waals surface area contributed by atoms with Gasteiger partial charge in [-0.2, -0.15) is 0 Å². The van der Waals surface area contributed by atoms with Gasteiger partial charge < -0.3 is 4.74 Å². The summed E-state index contributed by atoms with van der Waals surface area (Å²) >= 11 is 0. The maximum absolute atomic E-state index is 14.2. The Bertz CT molecular complexity index is 908. The van der Waals surface area contributed by atoms with E-state index in [-0.39, 0.29) is 17.7 Å². The molecule has 0 aromatic heterocycles. The van der Waals surface area contributed by atoms with Gasteiger partial charge in [0.15, 0.2) is 0 Å². The molecule has 2 aliphatic rings. The minimum atomic E-state index is -0.273. The minimum Gasteiger partial charge on any atom is -0.426 e. The van der Waals surface area contributed by atoms with Crippen LogP contribution in [0.2, 0.25) is 0 Å². The Morgan fingerprint density at radius 3 is 2.21 bits per heavy atom. The molecule has 4 rings (SSSR count). The van der Waals surface area contributed by atoms with Crippen molar-refractivity contribution in [3.8, 4) is 5.75 Å². The first kappa shape index (κ1) is 24.9. The predicted molar refractivity (Wildman–Crippen MR) is 136 cm³/mol. The number of hydrogen-bond donors (Lipinski definition) is 0. The van der Waals surface area contributed by atoms with Crippen LogP contribution in [-0.4, -0.2) is 5.97 Å². The van der Waals surface area contributed by atoms with Gasteiger partial charge in [-0.1, -0.05) is 69.5 Å². The highest BCUT2D eigenvalue weighted by molar-refractivity contribution is 5.75. The molecular formula is C31H41FO2. The van der Waals surface area contributed by atoms with Crippen LogP contribution in [0.5, 0.6) is 5.75 Å². The molecule has 2 nitrogen and oxygen atoms in total. The predicted octanol–water partition coefficient (Wildman–Crippen LogP) is 8.49. The van der Waals surface area contributed by atoms with Gasteiger partial charge in [0.05, 0.1) is 5.92 Å². The number of hydrogen-bond acceptors (Lipinski definition) is 2. The van der Waals surface area contributed by atoms with Crippen molar-refractivity contribution in [2.75, 3.05) is 0 Å². The summed E-state index contributed by atoms with van der Waals surface area (Å²) in [6.07, 6.45) is 12.4. The molecule has 2 aromatic carbocycles. The highest BCUT2D eigenvalue weighted by atomic mass is 19.1. The van der Waals surface area contributed by atoms with E-state index < -0.39 is 0 Å². The third-order valence-corrected chi connectivity index (χ3v) is 8.48. The van der Waals surface area contributed by atoms with E-state index in [0.29, 0.717) is 23.7 Å². The molecule has 0 saturated heterocycles. The van der Waals surface area contributed by atoms with Gasteiger partial charge in [0.1, 0.15) is 11.6 Å². The largest absolute Gasteiger partial charge is 0.426 e. The molecule has 0 aliphatic heterocycles. The van der Waals surface area contributed by atoms with E-state index in [9.17, 15) is 9.18 Å². The van der Waals surface area contributed by atoms with E-state index in [0.717, 1.165) is 49.9 Å². The highest BCUT2D eigenvalue weighted by Crippen LogP contribution is 2.43. The van der Waals surface area contributed by atoms with E-state index in [4.69, 9.17) is 4.74 Å². The molecule has 2 aromatic rings. The molecule has 0 amide bonds. The molecule has 0 radical (unpaired) electrons. The van der Waals surface area contributed by atoms with E-state index in [1.807, 2.05) is 6.92 Å². The molecule has 184 valence electrons. The lowest BCUT2D eigenvalue weighted by atomic mass is 9.68. The van der Waals surface area contributed by atoms with Crippen molar-refractivity contribution in [1.29, 1.82) is 0 Å². The number of carbonyl (C=O) groups is 1. The van der Waals surface area contributed by atoms with Crippen molar-refractivity contribution in [2.24, 2.45) is 23.7 Å². The van der Waals surface area contributed by atoms with Crippen LogP contribution in [0.1, 0.15) is 95.1 Å². The molecule has 0 bridgehead atoms. The molecule has 0 heterocycles. The van der Waals surface area contributed by atoms with Gasteiger partial charge in [0, 0.05) is 6.07 Å². The number of benzene rings is 2. The number of esters is 1. The first-order chi connectivity index (χ1) is 16.5. The Hall–Kier alpha value is -2.16. The monoisotopic (exact) mass is 464 g/mol. The van der Waals surface area contributed by atoms with Crippen molar-refractivity contribution in [3.63, 3.8) is 0 Å². The van der Waals surface area contributed by atoms with Crippen molar-refractivity contribution in [2.45, 2.75) is 90.4 Å². The third kappa shape index (κ3) is 6.49. The van der Waals surface area contributed by atoms with Crippen LogP contribution in [0, 0.1) is 29.5 Å². The van der Waals surface area contributed by atoms with Crippen LogP contribution in [0.25, 0.3) is 0 Å². The van der Waals surface area contributed by atoms with Gasteiger partial charge >= 0.3 is 5.97 Å². The van der Waals surface area contributed by atoms with Crippen molar-refractivity contribution in [1.82, 2.24) is 0 Å². The third-order valence-electron chi connectivity index (χ3n) is 8.48. The smallest absolute Gasteiger partial charge is 0.314 e. The lowest BCUT2D eigenvalue weighted by Crippen LogP contribution is -2.30. The van der Waals surface area contributed by atoms with Gasteiger partial charge in [-0.3, -0.25) is 4.79 Å². The fourth-order valence-electron chi connectivity index (χ4n) is 6.40. The SMILES string of the molecule is CCCc1ccc(OC(=O)C2CCC(C3CCC(C[C@H](C)c4ccccc4)CC3)CC2)cc1F. The first-order valence-corrected chi connectivity index (χ1v) is 13.6. The van der Waals surface area contributed by atoms with E-state index in [1.165, 1.54) is 43.7 Å². The molecule has 0 unspecified atom stereocenters. The summed E-state index contributed by atoms with van der Waals surface area (Å²) < 4.78 is 19.7. The molecule has 34 heavy (non-hydrogen) atoms. The van der Waals surface area contributed by atoms with E-state index in [1.54, 1.807) is 12.1 Å². The van der Waals surface area contributed by atoms with Crippen LogP contribution in [-0.2, 0) is 11.2 Å². The van der Waals surface area contributed by atoms with Crippen molar-refractivity contribution < 1.29 is 13.9 Å². The molecule has 3 heteroatoms. The lowest BCUT2D eigenvalue weighted by Gasteiger charge is -2.38. The Morgan fingerprint density at radius 1 is 0.941 bits per heavy atom. The second kappa shape index (κ2) is 12.0. The molecule has 2 saturated carbocycles. The van der Waals surface area contributed by atoms with Gasteiger partial charge in [0.25, 0.3) is 0 Å². The van der Waals surface area contributed by atoms with Crippen LogP contribution in [0.3, 0.4) is 0 Å². The van der Waals surface area contributed by atoms with Gasteiger partial charge in [-0.05, 0) is 92.2 Å². The number of aryl methyl sites for hydroxylation is 1. The zero-order valence-electron chi connectivity index (χ0n) is 21.0. The summed E-state index contributed by atoms with van der Waals surface area (Å²) in [7, 11) is 0. The molecule has 0 N–H and O–H groups in total. The lowest BCUT2D eigenvalue weighted by molar-refractivity contribution is -0.140. The quantitative estimate of drug-likeness (QED) is 0.289. The van der Waals surface area contributed by atoms with Crippen molar-refractivity contribution >= 4 is 5.97 Å². The average Bonchev–Trinajstić information content (AvgIpc) is 2.87. The first-order valence-electron chi connectivity index (χ1n) is 13.6. The highest BCUT2D eigenvalue weighted by Gasteiger charge is 2.34. The topological polar surface area (TPSA) is 26.3 Å². The second-order valence-corrected chi connectivity index (χ2v) is 10.9. The van der Waals surface area contributed by atoms with E-state index in [2.05, 4.69) is 37.3 Å². The van der Waals surface area contributed by atoms with Crippen LogP contribution in [0.15, 0.2) is 48.5 Å². The van der Waals surface area contributed by atoms with Gasteiger partial charge in [-0.15, -0.1) is 0 Å². The average molecular weight is 465 g/mol.